The molecule has 4 nitrogen and oxygen atoms in total. The number of likely N-dealkylation sites (tertiary alicyclic amines) is 1. The van der Waals surface area contributed by atoms with Gasteiger partial charge in [-0.05, 0) is 12.8 Å². The third-order valence-corrected chi connectivity index (χ3v) is 5.20. The van der Waals surface area contributed by atoms with Crippen molar-refractivity contribution in [2.24, 2.45) is 5.92 Å². The predicted molar refractivity (Wildman–Crippen MR) is 104 cm³/mol. The number of unbranched alkanes of at least 4 members (excludes halogenated alkanes) is 10. The first-order valence-corrected chi connectivity index (χ1v) is 10.7. The van der Waals surface area contributed by atoms with Crippen LogP contribution in [-0.2, 0) is 9.59 Å². The van der Waals surface area contributed by atoms with Gasteiger partial charge in [-0.15, -0.1) is 0 Å². The highest BCUT2D eigenvalue weighted by Crippen LogP contribution is 2.19. The molecule has 1 unspecified atom stereocenters. The number of amides is 2. The number of nitrogens with one attached hydrogen (secondary N) is 1. The van der Waals surface area contributed by atoms with E-state index in [0.29, 0.717) is 13.0 Å². The molecule has 1 fully saturated rings. The monoisotopic (exact) mass is 352 g/mol. The maximum Gasteiger partial charge on any atom is 0.225 e. The van der Waals surface area contributed by atoms with E-state index in [1.165, 1.54) is 64.2 Å². The molecule has 0 aliphatic carbocycles. The van der Waals surface area contributed by atoms with Gasteiger partial charge in [-0.2, -0.15) is 0 Å². The van der Waals surface area contributed by atoms with E-state index in [-0.39, 0.29) is 17.7 Å². The summed E-state index contributed by atoms with van der Waals surface area (Å²) >= 11 is 0. The highest BCUT2D eigenvalue weighted by Gasteiger charge is 2.33. The summed E-state index contributed by atoms with van der Waals surface area (Å²) in [6.45, 7) is 6.63. The Kier molecular flexibility index (Phi) is 12.4. The Labute approximate surface area is 155 Å². The van der Waals surface area contributed by atoms with E-state index in [0.717, 1.165) is 25.9 Å². The van der Waals surface area contributed by atoms with Crippen molar-refractivity contribution >= 4 is 11.8 Å². The molecule has 1 aliphatic heterocycles. The molecule has 1 N–H and O–H groups in total. The average molecular weight is 353 g/mol. The van der Waals surface area contributed by atoms with Gasteiger partial charge in [-0.1, -0.05) is 78.1 Å². The summed E-state index contributed by atoms with van der Waals surface area (Å²) in [5.74, 6) is 0.102. The first-order chi connectivity index (χ1) is 12.2. The number of hydrogen-bond donors (Lipinski definition) is 1. The maximum atomic E-state index is 12.2. The van der Waals surface area contributed by atoms with Crippen molar-refractivity contribution in [3.63, 3.8) is 0 Å². The Balaban J connectivity index is 2.07. The molecule has 1 atom stereocenters. The van der Waals surface area contributed by atoms with Gasteiger partial charge in [0.05, 0.1) is 5.92 Å². The molecule has 1 saturated heterocycles. The fraction of sp³-hybridized carbons (Fsp3) is 0.905. The first-order valence-electron chi connectivity index (χ1n) is 10.7. The van der Waals surface area contributed by atoms with Crippen LogP contribution < -0.4 is 5.32 Å². The highest BCUT2D eigenvalue weighted by molar-refractivity contribution is 5.89. The Morgan fingerprint density at radius 2 is 1.48 bits per heavy atom. The van der Waals surface area contributed by atoms with Gasteiger partial charge in [0.2, 0.25) is 11.8 Å². The van der Waals surface area contributed by atoms with E-state index in [2.05, 4.69) is 19.2 Å². The summed E-state index contributed by atoms with van der Waals surface area (Å²) in [4.78, 5) is 26.2. The van der Waals surface area contributed by atoms with Gasteiger partial charge in [0.1, 0.15) is 0 Å². The molecular formula is C21H40N2O2. The number of nitrogens with zero attached hydrogens (tertiary/aromatic N) is 1. The van der Waals surface area contributed by atoms with E-state index in [4.69, 9.17) is 0 Å². The van der Waals surface area contributed by atoms with Crippen molar-refractivity contribution in [2.45, 2.75) is 97.3 Å². The lowest BCUT2D eigenvalue weighted by molar-refractivity contribution is -0.129. The lowest BCUT2D eigenvalue weighted by atomic mass is 10.1. The topological polar surface area (TPSA) is 49.4 Å². The molecule has 0 saturated carbocycles. The fourth-order valence-corrected chi connectivity index (χ4v) is 3.51. The lowest BCUT2D eigenvalue weighted by Crippen LogP contribution is -2.33. The summed E-state index contributed by atoms with van der Waals surface area (Å²) in [6.07, 6.45) is 15.3. The van der Waals surface area contributed by atoms with Crippen molar-refractivity contribution in [1.82, 2.24) is 10.2 Å². The van der Waals surface area contributed by atoms with Crippen molar-refractivity contribution in [2.75, 3.05) is 19.6 Å². The van der Waals surface area contributed by atoms with Crippen LogP contribution in [-0.4, -0.2) is 36.3 Å². The molecule has 25 heavy (non-hydrogen) atoms. The van der Waals surface area contributed by atoms with E-state index in [1.807, 2.05) is 4.90 Å². The number of hydrogen-bond acceptors (Lipinski definition) is 2. The summed E-state index contributed by atoms with van der Waals surface area (Å²) in [7, 11) is 0. The van der Waals surface area contributed by atoms with Gasteiger partial charge in [0.25, 0.3) is 0 Å². The molecule has 1 rings (SSSR count). The second-order valence-electron chi connectivity index (χ2n) is 7.57. The first kappa shape index (κ1) is 22.0. The molecule has 0 radical (unpaired) electrons. The number of carbonyl (C=O) groups excluding carboxylic acids is 2. The Bertz CT molecular complexity index is 371. The third kappa shape index (κ3) is 9.86. The van der Waals surface area contributed by atoms with E-state index in [9.17, 15) is 9.59 Å². The molecule has 0 bridgehead atoms. The predicted octanol–water partition coefficient (Wildman–Crippen LogP) is 4.67. The van der Waals surface area contributed by atoms with Crippen LogP contribution in [0.4, 0.5) is 0 Å². The largest absolute Gasteiger partial charge is 0.356 e. The normalized spacial score (nSPS) is 17.3. The minimum atomic E-state index is -0.132. The van der Waals surface area contributed by atoms with Crippen LogP contribution in [0.2, 0.25) is 0 Å². The quantitative estimate of drug-likeness (QED) is 0.435. The summed E-state index contributed by atoms with van der Waals surface area (Å²) in [6, 6.07) is 0. The van der Waals surface area contributed by atoms with Crippen molar-refractivity contribution in [1.29, 1.82) is 0 Å². The van der Waals surface area contributed by atoms with Gasteiger partial charge in [-0.25, -0.2) is 0 Å². The zero-order valence-electron chi connectivity index (χ0n) is 16.7. The van der Waals surface area contributed by atoms with Gasteiger partial charge in [0, 0.05) is 26.1 Å². The molecule has 4 heteroatoms. The molecule has 0 aromatic carbocycles. The van der Waals surface area contributed by atoms with Crippen LogP contribution >= 0.6 is 0 Å². The van der Waals surface area contributed by atoms with Gasteiger partial charge in [-0.3, -0.25) is 9.59 Å². The minimum Gasteiger partial charge on any atom is -0.356 e. The van der Waals surface area contributed by atoms with Crippen LogP contribution in [0.15, 0.2) is 0 Å². The lowest BCUT2D eigenvalue weighted by Gasteiger charge is -2.16. The van der Waals surface area contributed by atoms with Crippen LogP contribution in [0, 0.1) is 5.92 Å². The molecule has 1 heterocycles. The molecule has 1 aliphatic rings. The van der Waals surface area contributed by atoms with Crippen LogP contribution in [0.3, 0.4) is 0 Å². The molecule has 2 amide bonds. The minimum absolute atomic E-state index is 0.0725. The molecular weight excluding hydrogens is 312 g/mol. The van der Waals surface area contributed by atoms with Crippen LogP contribution in [0.25, 0.3) is 0 Å². The van der Waals surface area contributed by atoms with Gasteiger partial charge in [0.15, 0.2) is 0 Å². The van der Waals surface area contributed by atoms with Crippen LogP contribution in [0.5, 0.6) is 0 Å². The zero-order valence-corrected chi connectivity index (χ0v) is 16.7. The van der Waals surface area contributed by atoms with Crippen molar-refractivity contribution < 1.29 is 9.59 Å². The van der Waals surface area contributed by atoms with Crippen molar-refractivity contribution in [3.8, 4) is 0 Å². The Morgan fingerprint density at radius 1 is 0.920 bits per heavy atom. The van der Waals surface area contributed by atoms with E-state index < -0.39 is 0 Å². The summed E-state index contributed by atoms with van der Waals surface area (Å²) in [5.41, 5.74) is 0. The smallest absolute Gasteiger partial charge is 0.225 e. The van der Waals surface area contributed by atoms with Gasteiger partial charge < -0.3 is 10.2 Å². The Hall–Kier alpha value is -1.06. The Morgan fingerprint density at radius 3 is 2.12 bits per heavy atom. The molecule has 0 aromatic heterocycles. The van der Waals surface area contributed by atoms with Crippen LogP contribution in [0.1, 0.15) is 97.3 Å². The SMILES string of the molecule is CCCCCCCCCCN1CC(C(=O)NCCCCCC)CC1=O. The summed E-state index contributed by atoms with van der Waals surface area (Å²) < 4.78 is 0. The second-order valence-corrected chi connectivity index (χ2v) is 7.57. The molecule has 146 valence electrons. The molecule has 0 aromatic rings. The molecule has 0 spiro atoms. The summed E-state index contributed by atoms with van der Waals surface area (Å²) in [5, 5.41) is 3.01. The van der Waals surface area contributed by atoms with E-state index >= 15 is 0 Å². The standard InChI is InChI=1S/C21H40N2O2/c1-3-5-7-9-10-11-12-14-16-23-18-19(17-20(23)24)21(25)22-15-13-8-6-4-2/h19H,3-18H2,1-2H3,(H,22,25). The zero-order chi connectivity index (χ0) is 18.3. The maximum absolute atomic E-state index is 12.2. The average Bonchev–Trinajstić information content (AvgIpc) is 2.98. The number of carbonyl (C=O) groups is 2. The fourth-order valence-electron chi connectivity index (χ4n) is 3.51. The second kappa shape index (κ2) is 14.1. The van der Waals surface area contributed by atoms with Gasteiger partial charge >= 0.3 is 0 Å². The third-order valence-electron chi connectivity index (χ3n) is 5.20. The highest BCUT2D eigenvalue weighted by atomic mass is 16.2. The van der Waals surface area contributed by atoms with Crippen molar-refractivity contribution in [3.05, 3.63) is 0 Å². The van der Waals surface area contributed by atoms with E-state index in [1.54, 1.807) is 0 Å². The number of rotatable bonds is 15.